The van der Waals surface area contributed by atoms with Crippen LogP contribution in [-0.2, 0) is 109 Å². The van der Waals surface area contributed by atoms with Gasteiger partial charge in [0.15, 0.2) is 49.4 Å². The highest BCUT2D eigenvalue weighted by molar-refractivity contribution is 5.78. The SMILES string of the molecule is CC(=O)OC[C@@H]1C[C@H](OC(C)=O)[C@@H](OC(C)=O)[C@@H](O[C@H]2[C@@H](OC(=O)C(C)(C)C)[C@@H](COC(=O)C(C)(C)C)O[C@@H](O[C@H]3[C@H](OC(=O)C(C)(C)C)[C@@H](OC(=O)C(C)(C)C)[C@@H](O)O[C@@H]3COC(=O)C(C)(C)C)[C@@H]2OC(=O)C(C)(C)C)O1. The number of aliphatic hydroxyl groups excluding tert-OH is 1. The molecule has 446 valence electrons. The molecule has 0 radical (unpaired) electrons. The molecule has 14 atom stereocenters. The predicted molar refractivity (Wildman–Crippen MR) is 268 cm³/mol. The summed E-state index contributed by atoms with van der Waals surface area (Å²) in [7, 11) is 0. The number of ether oxygens (including phenoxy) is 14. The first-order valence-corrected chi connectivity index (χ1v) is 25.9. The average molecular weight is 1120 g/mol. The Hall–Kier alpha value is -5.01. The van der Waals surface area contributed by atoms with Crippen molar-refractivity contribution in [1.29, 1.82) is 0 Å². The molecule has 24 heteroatoms. The molecule has 3 aliphatic heterocycles. The molecule has 0 amide bonds. The van der Waals surface area contributed by atoms with Crippen molar-refractivity contribution in [3.05, 3.63) is 0 Å². The van der Waals surface area contributed by atoms with Gasteiger partial charge in [0.25, 0.3) is 0 Å². The molecule has 0 aromatic rings. The first-order chi connectivity index (χ1) is 35.3. The van der Waals surface area contributed by atoms with E-state index in [2.05, 4.69) is 0 Å². The van der Waals surface area contributed by atoms with E-state index >= 15 is 0 Å². The molecule has 3 heterocycles. The monoisotopic (exact) mass is 1120 g/mol. The number of esters is 9. The molecule has 0 bridgehead atoms. The van der Waals surface area contributed by atoms with Gasteiger partial charge in [-0.15, -0.1) is 0 Å². The van der Waals surface area contributed by atoms with E-state index in [1.165, 1.54) is 83.1 Å². The van der Waals surface area contributed by atoms with E-state index in [1.54, 1.807) is 41.5 Å². The van der Waals surface area contributed by atoms with Crippen molar-refractivity contribution in [2.75, 3.05) is 19.8 Å². The number of hydrogen-bond acceptors (Lipinski definition) is 24. The fourth-order valence-electron chi connectivity index (χ4n) is 7.23. The Labute approximate surface area is 457 Å². The van der Waals surface area contributed by atoms with Gasteiger partial charge in [-0.3, -0.25) is 43.2 Å². The maximum absolute atomic E-state index is 14.4. The van der Waals surface area contributed by atoms with E-state index in [0.717, 1.165) is 20.8 Å². The Morgan fingerprint density at radius 1 is 0.372 bits per heavy atom. The van der Waals surface area contributed by atoms with Crippen LogP contribution in [0.15, 0.2) is 0 Å². The van der Waals surface area contributed by atoms with Gasteiger partial charge in [-0.05, 0) is 125 Å². The van der Waals surface area contributed by atoms with Crippen molar-refractivity contribution < 1.29 is 115 Å². The number of hydrogen-bond donors (Lipinski definition) is 1. The number of carbonyl (C=O) groups excluding carboxylic acids is 9. The smallest absolute Gasteiger partial charge is 0.311 e. The van der Waals surface area contributed by atoms with E-state index in [0.29, 0.717) is 0 Å². The van der Waals surface area contributed by atoms with Gasteiger partial charge < -0.3 is 71.4 Å². The summed E-state index contributed by atoms with van der Waals surface area (Å²) in [6.07, 6.45) is -25.1. The maximum Gasteiger partial charge on any atom is 0.311 e. The maximum atomic E-state index is 14.4. The molecular formula is C54H86O24. The lowest BCUT2D eigenvalue weighted by atomic mass is 9.92. The zero-order chi connectivity index (χ0) is 60.0. The fourth-order valence-corrected chi connectivity index (χ4v) is 7.23. The van der Waals surface area contributed by atoms with Gasteiger partial charge in [0.05, 0.1) is 38.6 Å². The van der Waals surface area contributed by atoms with Crippen LogP contribution in [0.25, 0.3) is 0 Å². The van der Waals surface area contributed by atoms with Crippen molar-refractivity contribution >= 4 is 53.7 Å². The second-order valence-corrected chi connectivity index (χ2v) is 25.9. The van der Waals surface area contributed by atoms with Crippen LogP contribution in [0.2, 0.25) is 0 Å². The average Bonchev–Trinajstić information content (AvgIpc) is 3.26. The lowest BCUT2D eigenvalue weighted by Gasteiger charge is -2.50. The first-order valence-electron chi connectivity index (χ1n) is 25.9. The number of rotatable bonds is 16. The van der Waals surface area contributed by atoms with Crippen LogP contribution in [0, 0.1) is 32.5 Å². The lowest BCUT2D eigenvalue weighted by Crippen LogP contribution is -2.68. The summed E-state index contributed by atoms with van der Waals surface area (Å²) in [5.41, 5.74) is -7.33. The van der Waals surface area contributed by atoms with Gasteiger partial charge in [0, 0.05) is 27.2 Å². The fraction of sp³-hybridized carbons (Fsp3) is 0.833. The summed E-state index contributed by atoms with van der Waals surface area (Å²) < 4.78 is 85.4. The van der Waals surface area contributed by atoms with Crippen LogP contribution in [0.1, 0.15) is 152 Å². The molecule has 1 N–H and O–H groups in total. The van der Waals surface area contributed by atoms with E-state index in [9.17, 15) is 48.3 Å². The molecular weight excluding hydrogens is 1030 g/mol. The summed E-state index contributed by atoms with van der Waals surface area (Å²) in [6, 6.07) is 0. The second-order valence-electron chi connectivity index (χ2n) is 25.9. The van der Waals surface area contributed by atoms with Gasteiger partial charge in [0.1, 0.15) is 50.3 Å². The number of aliphatic hydroxyl groups is 1. The third-order valence-electron chi connectivity index (χ3n) is 11.7. The van der Waals surface area contributed by atoms with E-state index in [-0.39, 0.29) is 6.42 Å². The molecule has 0 aromatic heterocycles. The summed E-state index contributed by atoms with van der Waals surface area (Å²) in [6.45, 7) is 29.1. The minimum absolute atomic E-state index is 0.217. The summed E-state index contributed by atoms with van der Waals surface area (Å²) >= 11 is 0. The molecule has 0 saturated carbocycles. The van der Waals surface area contributed by atoms with Crippen LogP contribution >= 0.6 is 0 Å². The highest BCUT2D eigenvalue weighted by atomic mass is 16.8. The molecule has 0 aliphatic carbocycles. The topological polar surface area (TPSA) is 303 Å². The van der Waals surface area contributed by atoms with Crippen LogP contribution in [0.4, 0.5) is 0 Å². The van der Waals surface area contributed by atoms with Crippen molar-refractivity contribution in [3.63, 3.8) is 0 Å². The first kappa shape index (κ1) is 67.3. The van der Waals surface area contributed by atoms with Gasteiger partial charge in [0.2, 0.25) is 0 Å². The quantitative estimate of drug-likeness (QED) is 0.161. The molecule has 3 saturated heterocycles. The second kappa shape index (κ2) is 26.1. The van der Waals surface area contributed by atoms with E-state index in [1.807, 2.05) is 0 Å². The lowest BCUT2D eigenvalue weighted by molar-refractivity contribution is -0.377. The summed E-state index contributed by atoms with van der Waals surface area (Å²) in [5.74, 6) is -7.60. The Kier molecular flexibility index (Phi) is 22.5. The Balaban J connectivity index is 2.56. The van der Waals surface area contributed by atoms with Crippen LogP contribution < -0.4 is 0 Å². The van der Waals surface area contributed by atoms with Crippen molar-refractivity contribution in [2.45, 2.75) is 238 Å². The van der Waals surface area contributed by atoms with Gasteiger partial charge in [-0.1, -0.05) is 0 Å². The standard InChI is InChI=1S/C54H86O24/c1-26(55)65-23-29-22-30(68-27(2)56)35(69-28(3)57)41(70-29)74-37-34(75-45(61)51(10,11)12)32(25-67-44(60)50(7,8)9)72-42(39(37)78-48(64)54(19,20)21)73-33-31(24-66-43(59)49(4,5)6)71-40(58)38(77-47(63)53(16,17)18)36(33)76-46(62)52(13,14)15/h29-42,58H,22-25H2,1-21H3/t29-,30-,31+,32+,33+,34-,35+,36-,37-,38+,39+,40-,41+,42-/m0/s1. The zero-order valence-electron chi connectivity index (χ0n) is 49.2. The molecule has 3 aliphatic rings. The van der Waals surface area contributed by atoms with Gasteiger partial charge in [-0.25, -0.2) is 0 Å². The highest BCUT2D eigenvalue weighted by Crippen LogP contribution is 2.40. The number of carbonyl (C=O) groups is 9. The minimum atomic E-state index is -2.08. The van der Waals surface area contributed by atoms with Crippen LogP contribution in [0.3, 0.4) is 0 Å². The third-order valence-corrected chi connectivity index (χ3v) is 11.7. The molecule has 0 unspecified atom stereocenters. The minimum Gasteiger partial charge on any atom is -0.463 e. The molecule has 3 fully saturated rings. The van der Waals surface area contributed by atoms with Gasteiger partial charge in [-0.2, -0.15) is 0 Å². The molecule has 0 aromatic carbocycles. The molecule has 24 nitrogen and oxygen atoms in total. The van der Waals surface area contributed by atoms with Crippen molar-refractivity contribution in [1.82, 2.24) is 0 Å². The molecule has 3 rings (SSSR count). The summed E-state index contributed by atoms with van der Waals surface area (Å²) in [5, 5.41) is 11.7. The Bertz CT molecular complexity index is 2150. The van der Waals surface area contributed by atoms with Crippen LogP contribution in [0.5, 0.6) is 0 Å². The normalized spacial score (nSPS) is 29.2. The van der Waals surface area contributed by atoms with E-state index < -0.39 is 192 Å². The van der Waals surface area contributed by atoms with Crippen molar-refractivity contribution in [2.24, 2.45) is 32.5 Å². The highest BCUT2D eigenvalue weighted by Gasteiger charge is 2.60. The third kappa shape index (κ3) is 19.4. The Morgan fingerprint density at radius 3 is 1.15 bits per heavy atom. The molecule has 0 spiro atoms. The zero-order valence-corrected chi connectivity index (χ0v) is 49.2. The predicted octanol–water partition coefficient (Wildman–Crippen LogP) is 4.75. The van der Waals surface area contributed by atoms with Crippen LogP contribution in [-0.4, -0.2) is 165 Å². The Morgan fingerprint density at radius 2 is 0.744 bits per heavy atom. The van der Waals surface area contributed by atoms with Gasteiger partial charge >= 0.3 is 53.7 Å². The van der Waals surface area contributed by atoms with Crippen molar-refractivity contribution in [3.8, 4) is 0 Å². The summed E-state index contributed by atoms with van der Waals surface area (Å²) in [4.78, 5) is 121. The molecule has 78 heavy (non-hydrogen) atoms. The largest absolute Gasteiger partial charge is 0.463 e. The van der Waals surface area contributed by atoms with E-state index in [4.69, 9.17) is 66.3 Å².